The number of aldehydes is 2. The van der Waals surface area contributed by atoms with Gasteiger partial charge in [0.1, 0.15) is 6.29 Å². The number of ether oxygens (including phenoxy) is 2. The van der Waals surface area contributed by atoms with E-state index in [0.29, 0.717) is 110 Å². The Morgan fingerprint density at radius 3 is 2.43 bits per heavy atom. The van der Waals surface area contributed by atoms with Gasteiger partial charge in [-0.15, -0.1) is 0 Å². The molecule has 0 aliphatic rings. The van der Waals surface area contributed by atoms with Gasteiger partial charge >= 0.3 is 0 Å². The molecular weight excluding hydrogens is 777 g/mol. The van der Waals surface area contributed by atoms with E-state index in [1.807, 2.05) is 67.6 Å². The Morgan fingerprint density at radius 1 is 0.934 bits per heavy atom. The number of aromatic nitrogens is 1. The Hall–Kier alpha value is -6.76. The lowest BCUT2D eigenvalue weighted by atomic mass is 10.00. The number of nitrogens with zero attached hydrogens (tertiary/aromatic N) is 2. The van der Waals surface area contributed by atoms with E-state index in [4.69, 9.17) is 14.5 Å². The molecule has 5 N–H and O–H groups in total. The van der Waals surface area contributed by atoms with Crippen molar-refractivity contribution in [2.24, 2.45) is 4.99 Å². The maximum atomic E-state index is 12.8. The number of nitrogens with one attached hydrogen (secondary N) is 4. The van der Waals surface area contributed by atoms with Crippen LogP contribution in [0.4, 0.5) is 11.4 Å². The minimum Gasteiger partial charge on any atom is -0.494 e. The molecule has 0 bridgehead atoms. The second-order valence-electron chi connectivity index (χ2n) is 14.0. The monoisotopic (exact) mass is 826 g/mol. The zero-order valence-corrected chi connectivity index (χ0v) is 34.2. The Kier molecular flexibility index (Phi) is 17.6. The van der Waals surface area contributed by atoms with Gasteiger partial charge in [0, 0.05) is 53.0 Å². The third-order valence-corrected chi connectivity index (χ3v) is 9.73. The highest BCUT2D eigenvalue weighted by Gasteiger charge is 2.24. The maximum absolute atomic E-state index is 12.8. The third-order valence-electron chi connectivity index (χ3n) is 9.73. The molecule has 0 saturated carbocycles. The van der Waals surface area contributed by atoms with Crippen LogP contribution in [0.1, 0.15) is 64.4 Å². The predicted octanol–water partition coefficient (Wildman–Crippen LogP) is 5.43. The number of hydrogen-bond donors (Lipinski definition) is 5. The number of H-pyrrole nitrogens is 1. The van der Waals surface area contributed by atoms with Crippen LogP contribution in [0.2, 0.25) is 0 Å². The predicted molar refractivity (Wildman–Crippen MR) is 234 cm³/mol. The second-order valence-corrected chi connectivity index (χ2v) is 14.0. The van der Waals surface area contributed by atoms with Crippen LogP contribution in [0.15, 0.2) is 96.0 Å². The lowest BCUT2D eigenvalue weighted by molar-refractivity contribution is -0.129. The number of aliphatic imine (C=N–C) groups is 1. The number of carbonyl (C=O) groups excluding carboxylic acids is 5. The fraction of sp³-hybridized carbons (Fsp3) is 0.277. The number of likely N-dealkylation sites (N-methyl/N-ethyl adjacent to an activating group) is 1. The first-order valence-electron chi connectivity index (χ1n) is 20.0. The molecule has 0 radical (unpaired) electrons. The van der Waals surface area contributed by atoms with E-state index in [-0.39, 0.29) is 31.4 Å². The highest BCUT2D eigenvalue weighted by atomic mass is 16.5. The van der Waals surface area contributed by atoms with Gasteiger partial charge < -0.3 is 30.2 Å². The van der Waals surface area contributed by atoms with E-state index in [1.165, 1.54) is 0 Å². The number of aromatic amines is 1. The Bertz CT molecular complexity index is 2370. The first-order valence-corrected chi connectivity index (χ1v) is 20.0. The van der Waals surface area contributed by atoms with Crippen LogP contribution >= 0.6 is 0 Å². The number of carbonyl (C=O) groups is 5. The van der Waals surface area contributed by atoms with Gasteiger partial charge in [-0.25, -0.2) is 4.99 Å². The van der Waals surface area contributed by atoms with E-state index in [1.54, 1.807) is 42.3 Å². The molecule has 1 aromatic heterocycles. The van der Waals surface area contributed by atoms with Crippen LogP contribution in [0.5, 0.6) is 5.88 Å². The van der Waals surface area contributed by atoms with Gasteiger partial charge in [-0.2, -0.15) is 0 Å². The smallest absolute Gasteiger partial charge is 0.243 e. The quantitative estimate of drug-likeness (QED) is 0.0246. The van der Waals surface area contributed by atoms with Gasteiger partial charge in [-0.05, 0) is 55.3 Å². The summed E-state index contributed by atoms with van der Waals surface area (Å²) in [5.74, 6) is 4.46. The van der Waals surface area contributed by atoms with E-state index in [2.05, 4.69) is 32.8 Å². The van der Waals surface area contributed by atoms with Gasteiger partial charge in [0.2, 0.25) is 18.2 Å². The number of aromatic hydroxyl groups is 1. The highest BCUT2D eigenvalue weighted by Crippen LogP contribution is 2.32. The summed E-state index contributed by atoms with van der Waals surface area (Å²) in [6.07, 6.45) is 2.92. The van der Waals surface area contributed by atoms with Crippen LogP contribution in [0.3, 0.4) is 0 Å². The van der Waals surface area contributed by atoms with Crippen molar-refractivity contribution in [2.75, 3.05) is 45.3 Å². The summed E-state index contributed by atoms with van der Waals surface area (Å²) < 4.78 is 11.3. The molecule has 1 unspecified atom stereocenters. The molecule has 14 nitrogen and oxygen atoms in total. The maximum Gasteiger partial charge on any atom is 0.243 e. The average Bonchev–Trinajstić information content (AvgIpc) is 3.60. The molecule has 1 atom stereocenters. The average molecular weight is 827 g/mol. The van der Waals surface area contributed by atoms with Crippen molar-refractivity contribution in [2.45, 2.75) is 45.3 Å². The van der Waals surface area contributed by atoms with Crippen LogP contribution in [-0.4, -0.2) is 97.6 Å². The lowest BCUT2D eigenvalue weighted by Gasteiger charge is -2.27. The van der Waals surface area contributed by atoms with E-state index < -0.39 is 11.9 Å². The number of anilines is 1. The first kappa shape index (κ1) is 45.3. The molecule has 14 heteroatoms. The summed E-state index contributed by atoms with van der Waals surface area (Å²) >= 11 is 0. The largest absolute Gasteiger partial charge is 0.494 e. The summed E-state index contributed by atoms with van der Waals surface area (Å²) in [5.41, 5.74) is 6.51. The Balaban J connectivity index is 1.04. The van der Waals surface area contributed by atoms with Crippen molar-refractivity contribution < 1.29 is 38.6 Å². The minimum atomic E-state index is -0.589. The number of rotatable bonds is 23. The number of fused-ring (bicyclic) bond motifs is 1. The van der Waals surface area contributed by atoms with Crippen LogP contribution in [0, 0.1) is 11.8 Å². The van der Waals surface area contributed by atoms with Crippen molar-refractivity contribution in [1.82, 2.24) is 20.5 Å². The number of benzene rings is 4. The minimum absolute atomic E-state index is 0.0196. The number of imide groups is 1. The van der Waals surface area contributed by atoms with E-state index in [9.17, 15) is 29.1 Å². The van der Waals surface area contributed by atoms with Crippen molar-refractivity contribution in [3.8, 4) is 17.7 Å². The van der Waals surface area contributed by atoms with Gasteiger partial charge in [0.05, 0.1) is 61.4 Å². The molecule has 1 heterocycles. The van der Waals surface area contributed by atoms with Crippen molar-refractivity contribution in [3.05, 3.63) is 124 Å². The highest BCUT2D eigenvalue weighted by molar-refractivity contribution is 6.22. The molecule has 0 aliphatic carbocycles. The molecule has 0 saturated heterocycles. The van der Waals surface area contributed by atoms with Crippen molar-refractivity contribution in [3.63, 3.8) is 0 Å². The third kappa shape index (κ3) is 13.1. The standard InChI is InChI=1S/C47H50N6O8/c1-3-9-42(46(58)49-32-56)53(2)30-39-36(31-55)13-7-14-40(39)51-43(57)21-24-60-26-27-61-25-22-48-29-34-15-18-37(19-16-34)50-45(35-11-5-4-6-12-35)44-38-20-17-33(10-8-23-54)28-41(38)52-47(44)59/h4-7,11-20,23,28,31-32,42,48,52,59H,3,9,21-22,24-27,29-30H2,1-2H3,(H,51,57)(H,49,56,58). The molecule has 5 aromatic rings. The molecule has 3 amide bonds. The lowest BCUT2D eigenvalue weighted by Crippen LogP contribution is -2.44. The molecule has 4 aromatic carbocycles. The molecule has 316 valence electrons. The van der Waals surface area contributed by atoms with Crippen LogP contribution < -0.4 is 16.0 Å². The van der Waals surface area contributed by atoms with Crippen LogP contribution in [0.25, 0.3) is 10.9 Å². The fourth-order valence-electron chi connectivity index (χ4n) is 6.72. The summed E-state index contributed by atoms with van der Waals surface area (Å²) in [4.78, 5) is 68.5. The van der Waals surface area contributed by atoms with Crippen molar-refractivity contribution >= 4 is 58.8 Å². The zero-order chi connectivity index (χ0) is 43.4. The number of amides is 3. The normalized spacial score (nSPS) is 11.8. The van der Waals surface area contributed by atoms with Gasteiger partial charge in [0.25, 0.3) is 0 Å². The van der Waals surface area contributed by atoms with Gasteiger partial charge in [-0.1, -0.05) is 79.9 Å². The molecule has 5 rings (SSSR count). The summed E-state index contributed by atoms with van der Waals surface area (Å²) in [5, 5.41) is 20.2. The molecule has 0 aliphatic heterocycles. The Labute approximate surface area is 354 Å². The second kappa shape index (κ2) is 23.7. The van der Waals surface area contributed by atoms with Gasteiger partial charge in [0.15, 0.2) is 12.2 Å². The SMILES string of the molecule is CCCC(C(=O)NC=O)N(C)Cc1c(C=O)cccc1NC(=O)CCOCCOCCNCc1ccc(N=C(c2ccccc2)c2c(O)[nH]c3cc(C#CC=O)ccc23)cc1. The Morgan fingerprint density at radius 2 is 1.70 bits per heavy atom. The molecular formula is C47H50N6O8. The van der Waals surface area contributed by atoms with E-state index >= 15 is 0 Å². The summed E-state index contributed by atoms with van der Waals surface area (Å²) in [6.45, 7) is 4.67. The first-order chi connectivity index (χ1) is 29.8. The van der Waals surface area contributed by atoms with Crippen molar-refractivity contribution in [1.29, 1.82) is 0 Å². The molecule has 61 heavy (non-hydrogen) atoms. The summed E-state index contributed by atoms with van der Waals surface area (Å²) in [6, 6.07) is 27.4. The summed E-state index contributed by atoms with van der Waals surface area (Å²) in [7, 11) is 1.73. The zero-order valence-electron chi connectivity index (χ0n) is 34.2. The topological polar surface area (TPSA) is 192 Å². The molecule has 0 spiro atoms. The fourth-order valence-corrected chi connectivity index (χ4v) is 6.72. The number of hydrogen-bond acceptors (Lipinski definition) is 11. The van der Waals surface area contributed by atoms with Gasteiger partial charge in [-0.3, -0.25) is 34.2 Å². The molecule has 0 fully saturated rings. The van der Waals surface area contributed by atoms with E-state index in [0.717, 1.165) is 16.5 Å². The van der Waals surface area contributed by atoms with Crippen LogP contribution in [-0.2, 0) is 41.7 Å².